The highest BCUT2D eigenvalue weighted by molar-refractivity contribution is 7.99. The molecule has 3 aromatic rings. The van der Waals surface area contributed by atoms with Crippen molar-refractivity contribution < 1.29 is 28.5 Å². The van der Waals surface area contributed by atoms with Gasteiger partial charge in [0.25, 0.3) is 0 Å². The van der Waals surface area contributed by atoms with Gasteiger partial charge in [-0.05, 0) is 44.2 Å². The van der Waals surface area contributed by atoms with Crippen molar-refractivity contribution in [2.45, 2.75) is 25.5 Å². The van der Waals surface area contributed by atoms with Gasteiger partial charge in [0.2, 0.25) is 5.75 Å². The topological polar surface area (TPSA) is 88.9 Å². The molecule has 0 radical (unpaired) electrons. The molecule has 0 aliphatic carbocycles. The van der Waals surface area contributed by atoms with Gasteiger partial charge in [-0.25, -0.2) is 9.78 Å². The van der Waals surface area contributed by atoms with Crippen LogP contribution in [0, 0.1) is 0 Å². The minimum atomic E-state index is -0.382. The first-order valence-corrected chi connectivity index (χ1v) is 11.1. The van der Waals surface area contributed by atoms with E-state index in [1.165, 1.54) is 33.1 Å². The van der Waals surface area contributed by atoms with Crippen molar-refractivity contribution in [3.63, 3.8) is 0 Å². The number of aromatic nitrogens is 2. The number of carbonyl (C=O) groups excluding carboxylic acids is 2. The minimum Gasteiger partial charge on any atom is -0.493 e. The molecule has 0 atom stereocenters. The zero-order valence-corrected chi connectivity index (χ0v) is 19.6. The maximum absolute atomic E-state index is 12.9. The van der Waals surface area contributed by atoms with E-state index in [2.05, 4.69) is 4.98 Å². The van der Waals surface area contributed by atoms with E-state index in [9.17, 15) is 9.59 Å². The number of ketones is 1. The number of fused-ring (bicyclic) bond motifs is 1. The van der Waals surface area contributed by atoms with Crippen LogP contribution in [0.3, 0.4) is 0 Å². The number of methoxy groups -OCH3 is 3. The third-order valence-corrected chi connectivity index (χ3v) is 5.84. The molecule has 2 aromatic carbocycles. The average Bonchev–Trinajstić information content (AvgIpc) is 3.18. The fourth-order valence-electron chi connectivity index (χ4n) is 3.32. The van der Waals surface area contributed by atoms with Gasteiger partial charge < -0.3 is 23.5 Å². The quantitative estimate of drug-likeness (QED) is 0.253. The summed E-state index contributed by atoms with van der Waals surface area (Å²) in [6.07, 6.45) is 0. The zero-order valence-electron chi connectivity index (χ0n) is 18.8. The number of aryl methyl sites for hydroxylation is 1. The molecule has 32 heavy (non-hydrogen) atoms. The number of carbonyl (C=O) groups is 2. The van der Waals surface area contributed by atoms with E-state index in [0.29, 0.717) is 52.2 Å². The second-order valence-corrected chi connectivity index (χ2v) is 7.63. The van der Waals surface area contributed by atoms with Crippen molar-refractivity contribution in [2.24, 2.45) is 0 Å². The second-order valence-electron chi connectivity index (χ2n) is 6.69. The van der Waals surface area contributed by atoms with E-state index in [4.69, 9.17) is 18.9 Å². The van der Waals surface area contributed by atoms with E-state index in [1.54, 1.807) is 31.2 Å². The van der Waals surface area contributed by atoms with Gasteiger partial charge in [-0.2, -0.15) is 0 Å². The molecule has 0 saturated carbocycles. The van der Waals surface area contributed by atoms with Crippen molar-refractivity contribution in [3.8, 4) is 17.2 Å². The Morgan fingerprint density at radius 1 is 0.969 bits per heavy atom. The van der Waals surface area contributed by atoms with Crippen molar-refractivity contribution in [3.05, 3.63) is 41.5 Å². The van der Waals surface area contributed by atoms with Gasteiger partial charge in [-0.3, -0.25) is 4.79 Å². The summed E-state index contributed by atoms with van der Waals surface area (Å²) < 4.78 is 23.1. The van der Waals surface area contributed by atoms with Crippen LogP contribution in [0.15, 0.2) is 35.5 Å². The molecule has 8 nitrogen and oxygen atoms in total. The Bertz CT molecular complexity index is 1120. The molecule has 0 aliphatic rings. The molecule has 0 spiro atoms. The van der Waals surface area contributed by atoms with Crippen LogP contribution in [0.2, 0.25) is 0 Å². The van der Waals surface area contributed by atoms with Crippen LogP contribution >= 0.6 is 11.8 Å². The summed E-state index contributed by atoms with van der Waals surface area (Å²) in [5.41, 5.74) is 2.48. The highest BCUT2D eigenvalue weighted by atomic mass is 32.2. The Balaban J connectivity index is 1.85. The van der Waals surface area contributed by atoms with Crippen LogP contribution in [0.25, 0.3) is 11.0 Å². The van der Waals surface area contributed by atoms with Gasteiger partial charge in [-0.15, -0.1) is 0 Å². The maximum atomic E-state index is 12.9. The van der Waals surface area contributed by atoms with Crippen LogP contribution in [0.5, 0.6) is 17.2 Å². The summed E-state index contributed by atoms with van der Waals surface area (Å²) in [5, 5.41) is 0.698. The standard InChI is InChI=1S/C23H26N2O6S/c1-6-25-17-9-8-14(22(27)31-7-2)10-16(17)24-23(25)32-13-18(26)15-11-19(28-3)21(30-5)20(12-15)29-4/h8-12H,6-7,13H2,1-5H3. The number of esters is 1. The lowest BCUT2D eigenvalue weighted by Gasteiger charge is -2.13. The Morgan fingerprint density at radius 2 is 1.66 bits per heavy atom. The van der Waals surface area contributed by atoms with Crippen molar-refractivity contribution in [1.82, 2.24) is 9.55 Å². The molecule has 0 fully saturated rings. The normalized spacial score (nSPS) is 10.8. The lowest BCUT2D eigenvalue weighted by molar-refractivity contribution is 0.0526. The Hall–Kier alpha value is -3.20. The number of Topliss-reactive ketones (excluding diaryl/α,β-unsaturated/α-hetero) is 1. The third kappa shape index (κ3) is 4.67. The zero-order chi connectivity index (χ0) is 23.3. The molecule has 170 valence electrons. The predicted octanol–water partition coefficient (Wildman–Crippen LogP) is 4.23. The molecule has 0 saturated heterocycles. The first kappa shape index (κ1) is 23.5. The summed E-state index contributed by atoms with van der Waals surface area (Å²) in [6.45, 7) is 4.76. The summed E-state index contributed by atoms with van der Waals surface area (Å²) >= 11 is 1.33. The lowest BCUT2D eigenvalue weighted by Crippen LogP contribution is -2.06. The number of rotatable bonds is 10. The minimum absolute atomic E-state index is 0.101. The lowest BCUT2D eigenvalue weighted by atomic mass is 10.1. The molecule has 0 N–H and O–H groups in total. The number of benzene rings is 2. The molecule has 0 bridgehead atoms. The number of nitrogens with zero attached hydrogens (tertiary/aromatic N) is 2. The van der Waals surface area contributed by atoms with Gasteiger partial charge >= 0.3 is 5.97 Å². The molecule has 1 aromatic heterocycles. The van der Waals surface area contributed by atoms with Crippen molar-refractivity contribution >= 4 is 34.5 Å². The number of imidazole rings is 1. The van der Waals surface area contributed by atoms with Gasteiger partial charge in [0.1, 0.15) is 0 Å². The largest absolute Gasteiger partial charge is 0.493 e. The molecular weight excluding hydrogens is 432 g/mol. The Morgan fingerprint density at radius 3 is 2.22 bits per heavy atom. The maximum Gasteiger partial charge on any atom is 0.338 e. The number of ether oxygens (including phenoxy) is 4. The Labute approximate surface area is 190 Å². The first-order valence-electron chi connectivity index (χ1n) is 10.1. The number of hydrogen-bond donors (Lipinski definition) is 0. The van der Waals surface area contributed by atoms with Crippen LogP contribution < -0.4 is 14.2 Å². The van der Waals surface area contributed by atoms with Gasteiger partial charge in [0, 0.05) is 12.1 Å². The van der Waals surface area contributed by atoms with Gasteiger partial charge in [0.15, 0.2) is 22.4 Å². The van der Waals surface area contributed by atoms with E-state index in [1.807, 2.05) is 17.6 Å². The van der Waals surface area contributed by atoms with Crippen molar-refractivity contribution in [1.29, 1.82) is 0 Å². The molecule has 9 heteroatoms. The average molecular weight is 459 g/mol. The summed E-state index contributed by atoms with van der Waals surface area (Å²) in [5.74, 6) is 0.972. The number of thioether (sulfide) groups is 1. The fourth-order valence-corrected chi connectivity index (χ4v) is 4.29. The molecule has 1 heterocycles. The molecular formula is C23H26N2O6S. The first-order chi connectivity index (χ1) is 15.5. The highest BCUT2D eigenvalue weighted by Gasteiger charge is 2.19. The van der Waals surface area contributed by atoms with Crippen LogP contribution in [0.4, 0.5) is 0 Å². The van der Waals surface area contributed by atoms with E-state index in [-0.39, 0.29) is 17.5 Å². The Kier molecular flexibility index (Phi) is 7.63. The van der Waals surface area contributed by atoms with Crippen LogP contribution in [-0.2, 0) is 11.3 Å². The molecule has 0 amide bonds. The van der Waals surface area contributed by atoms with Gasteiger partial charge in [-0.1, -0.05) is 11.8 Å². The molecule has 0 aliphatic heterocycles. The van der Waals surface area contributed by atoms with E-state index in [0.717, 1.165) is 5.52 Å². The van der Waals surface area contributed by atoms with Crippen LogP contribution in [-0.4, -0.2) is 55.0 Å². The van der Waals surface area contributed by atoms with E-state index < -0.39 is 0 Å². The predicted molar refractivity (Wildman–Crippen MR) is 123 cm³/mol. The molecule has 0 unspecified atom stereocenters. The number of hydrogen-bond acceptors (Lipinski definition) is 8. The fraction of sp³-hybridized carbons (Fsp3) is 0.348. The van der Waals surface area contributed by atoms with Gasteiger partial charge in [0.05, 0.1) is 50.3 Å². The summed E-state index contributed by atoms with van der Waals surface area (Å²) in [6, 6.07) is 8.56. The third-order valence-electron chi connectivity index (χ3n) is 4.86. The van der Waals surface area contributed by atoms with E-state index >= 15 is 0 Å². The second kappa shape index (κ2) is 10.4. The smallest absolute Gasteiger partial charge is 0.338 e. The summed E-state index contributed by atoms with van der Waals surface area (Å²) in [7, 11) is 4.53. The van der Waals surface area contributed by atoms with Crippen LogP contribution in [0.1, 0.15) is 34.6 Å². The SMILES string of the molecule is CCOC(=O)c1ccc2c(c1)nc(SCC(=O)c1cc(OC)c(OC)c(OC)c1)n2CC. The molecule has 3 rings (SSSR count). The summed E-state index contributed by atoms with van der Waals surface area (Å²) in [4.78, 5) is 29.6. The van der Waals surface area contributed by atoms with Crippen molar-refractivity contribution in [2.75, 3.05) is 33.7 Å². The highest BCUT2D eigenvalue weighted by Crippen LogP contribution is 2.38. The monoisotopic (exact) mass is 458 g/mol.